The Morgan fingerprint density at radius 3 is 1.57 bits per heavy atom. The van der Waals surface area contributed by atoms with Crippen LogP contribution in [-0.2, 0) is 0 Å². The van der Waals surface area contributed by atoms with Gasteiger partial charge in [-0.2, -0.15) is 0 Å². The molecule has 0 aromatic heterocycles. The molecule has 0 nitrogen and oxygen atoms in total. The van der Waals surface area contributed by atoms with Crippen LogP contribution in [0.15, 0.2) is 0 Å². The van der Waals surface area contributed by atoms with E-state index in [0.29, 0.717) is 0 Å². The molecule has 0 saturated carbocycles. The van der Waals surface area contributed by atoms with Gasteiger partial charge in [0.15, 0.2) is 0 Å². The number of alkyl halides is 4. The predicted octanol–water partition coefficient (Wildman–Crippen LogP) is 2.95. The smallest absolute Gasteiger partial charge is 0.0844 e. The van der Waals surface area contributed by atoms with Gasteiger partial charge in [0.2, 0.25) is 3.79 Å². The molecule has 0 aliphatic rings. The summed E-state index contributed by atoms with van der Waals surface area (Å²) in [6.07, 6.45) is 0. The van der Waals surface area contributed by atoms with Gasteiger partial charge in [-0.1, -0.05) is 50.7 Å². The van der Waals surface area contributed by atoms with E-state index in [9.17, 15) is 0 Å². The molecule has 0 spiro atoms. The summed E-state index contributed by atoms with van der Waals surface area (Å²) in [4.78, 5) is -0.343. The highest BCUT2D eigenvalue weighted by molar-refractivity contribution is 9.09. The summed E-state index contributed by atoms with van der Waals surface area (Å²) in [6, 6.07) is 0. The second-order valence-electron chi connectivity index (χ2n) is 1.01. The Balaban J connectivity index is 3.54. The molecule has 0 aromatic carbocycles. The molecule has 1 radical (unpaired) electrons. The van der Waals surface area contributed by atoms with Crippen molar-refractivity contribution in [2.75, 3.05) is 0 Å². The molecule has 0 heterocycles. The maximum Gasteiger partial charge on any atom is 0.202 e. The first kappa shape index (κ1) is 8.35. The van der Waals surface area contributed by atoms with Crippen LogP contribution in [0.25, 0.3) is 0 Å². The summed E-state index contributed by atoms with van der Waals surface area (Å²) < 4.78 is -1.28. The van der Waals surface area contributed by atoms with Crippen LogP contribution in [0.5, 0.6) is 0 Å². The molecule has 0 saturated heterocycles. The van der Waals surface area contributed by atoms with Gasteiger partial charge in [-0.05, 0) is 6.92 Å². The predicted molar refractivity (Wildman–Crippen MR) is 38.4 cm³/mol. The molecule has 0 aromatic rings. The number of hydrogen-bond acceptors (Lipinski definition) is 0. The summed E-state index contributed by atoms with van der Waals surface area (Å²) in [7, 11) is 0. The molecule has 0 rings (SSSR count). The zero-order chi connectivity index (χ0) is 6.08. The van der Waals surface area contributed by atoms with Crippen molar-refractivity contribution in [1.29, 1.82) is 0 Å². The Hall–Kier alpha value is 1.35. The summed E-state index contributed by atoms with van der Waals surface area (Å²) in [5.74, 6) is 0. The van der Waals surface area contributed by atoms with E-state index in [-0.39, 0.29) is 4.83 Å². The van der Waals surface area contributed by atoms with E-state index in [1.165, 1.54) is 0 Å². The molecule has 0 aliphatic heterocycles. The van der Waals surface area contributed by atoms with Crippen LogP contribution in [0.1, 0.15) is 0 Å². The van der Waals surface area contributed by atoms with Crippen LogP contribution >= 0.6 is 50.7 Å². The fourth-order valence-electron chi connectivity index (χ4n) is 0. The van der Waals surface area contributed by atoms with E-state index in [0.717, 1.165) is 0 Å². The number of rotatable bonds is 0. The molecule has 0 aliphatic carbocycles. The normalized spacial score (nSPS) is 16.7. The first-order chi connectivity index (χ1) is 2.94. The van der Waals surface area contributed by atoms with Gasteiger partial charge in [-0.15, -0.1) is 0 Å². The van der Waals surface area contributed by atoms with Gasteiger partial charge < -0.3 is 0 Å². The second-order valence-corrected chi connectivity index (χ2v) is 4.48. The Morgan fingerprint density at radius 2 is 1.57 bits per heavy atom. The fourth-order valence-corrected chi connectivity index (χ4v) is 0. The van der Waals surface area contributed by atoms with Gasteiger partial charge in [0, 0.05) is 0 Å². The third kappa shape index (κ3) is 3.89. The average Bonchev–Trinajstić information content (AvgIpc) is 1.31. The van der Waals surface area contributed by atoms with E-state index in [4.69, 9.17) is 34.8 Å². The quantitative estimate of drug-likeness (QED) is 0.556. The van der Waals surface area contributed by atoms with Crippen molar-refractivity contribution in [3.63, 3.8) is 0 Å². The topological polar surface area (TPSA) is 0 Å². The number of halogens is 4. The lowest BCUT2D eigenvalue weighted by Gasteiger charge is -2.11. The Morgan fingerprint density at radius 1 is 1.43 bits per heavy atom. The molecule has 43 valence electrons. The first-order valence-electron chi connectivity index (χ1n) is 1.48. The van der Waals surface area contributed by atoms with Crippen LogP contribution in [0.4, 0.5) is 0 Å². The lowest BCUT2D eigenvalue weighted by molar-refractivity contribution is 1.12. The van der Waals surface area contributed by atoms with E-state index >= 15 is 0 Å². The third-order valence-electron chi connectivity index (χ3n) is 0.355. The van der Waals surface area contributed by atoms with Gasteiger partial charge in [-0.25, -0.2) is 0 Å². The Labute approximate surface area is 66.2 Å². The van der Waals surface area contributed by atoms with Gasteiger partial charge >= 0.3 is 0 Å². The monoisotopic (exact) mass is 223 g/mol. The highest BCUT2D eigenvalue weighted by Crippen LogP contribution is 2.33. The molecule has 0 bridgehead atoms. The molecule has 0 amide bonds. The van der Waals surface area contributed by atoms with Crippen molar-refractivity contribution >= 4 is 50.7 Å². The molecule has 7 heavy (non-hydrogen) atoms. The third-order valence-corrected chi connectivity index (χ3v) is 2.62. The largest absolute Gasteiger partial charge is 0.202 e. The van der Waals surface area contributed by atoms with Crippen LogP contribution in [0.3, 0.4) is 0 Å². The minimum absolute atomic E-state index is 0.343. The lowest BCUT2D eigenvalue weighted by atomic mass is 10.6. The van der Waals surface area contributed by atoms with Crippen LogP contribution in [-0.4, -0.2) is 8.62 Å². The van der Waals surface area contributed by atoms with Crippen LogP contribution < -0.4 is 0 Å². The SMILES string of the molecule is [CH2]C(Br)C(Cl)(Cl)Cl. The minimum Gasteiger partial charge on any atom is -0.0844 e. The standard InChI is InChI=1S/C3H3BrCl3/c1-2(4)3(5,6)7/h2H,1H2. The maximum atomic E-state index is 5.29. The molecular formula is C3H3BrCl3. The first-order valence-corrected chi connectivity index (χ1v) is 3.53. The van der Waals surface area contributed by atoms with E-state index in [1.54, 1.807) is 0 Å². The average molecular weight is 225 g/mol. The van der Waals surface area contributed by atoms with Crippen LogP contribution in [0, 0.1) is 6.92 Å². The molecular weight excluding hydrogens is 222 g/mol. The van der Waals surface area contributed by atoms with Crippen molar-refractivity contribution in [3.8, 4) is 0 Å². The molecule has 0 fully saturated rings. The van der Waals surface area contributed by atoms with E-state index < -0.39 is 3.79 Å². The van der Waals surface area contributed by atoms with E-state index in [1.807, 2.05) is 0 Å². The molecule has 0 N–H and O–H groups in total. The zero-order valence-corrected chi connectivity index (χ0v) is 7.15. The van der Waals surface area contributed by atoms with Gasteiger partial charge in [0.25, 0.3) is 0 Å². The van der Waals surface area contributed by atoms with Crippen molar-refractivity contribution in [2.45, 2.75) is 8.62 Å². The molecule has 1 unspecified atom stereocenters. The minimum atomic E-state index is -1.28. The van der Waals surface area contributed by atoms with Gasteiger partial charge in [0.05, 0.1) is 4.83 Å². The zero-order valence-electron chi connectivity index (χ0n) is 3.30. The van der Waals surface area contributed by atoms with Crippen molar-refractivity contribution in [1.82, 2.24) is 0 Å². The Bertz CT molecular complexity index is 55.7. The molecule has 1 atom stereocenters. The summed E-state index contributed by atoms with van der Waals surface area (Å²) in [5, 5.41) is 0. The second kappa shape index (κ2) is 2.77. The van der Waals surface area contributed by atoms with Crippen molar-refractivity contribution in [3.05, 3.63) is 6.92 Å². The maximum absolute atomic E-state index is 5.29. The fraction of sp³-hybridized carbons (Fsp3) is 0.667. The highest BCUT2D eigenvalue weighted by Gasteiger charge is 2.25. The van der Waals surface area contributed by atoms with E-state index in [2.05, 4.69) is 22.9 Å². The lowest BCUT2D eigenvalue weighted by Crippen LogP contribution is -2.14. The highest BCUT2D eigenvalue weighted by atomic mass is 79.9. The summed E-state index contributed by atoms with van der Waals surface area (Å²) in [6.45, 7) is 3.43. The van der Waals surface area contributed by atoms with Crippen LogP contribution in [0.2, 0.25) is 0 Å². The summed E-state index contributed by atoms with van der Waals surface area (Å²) in [5.41, 5.74) is 0. The van der Waals surface area contributed by atoms with Crippen molar-refractivity contribution < 1.29 is 0 Å². The number of hydrogen-bond donors (Lipinski definition) is 0. The Kier molecular flexibility index (Phi) is 3.30. The van der Waals surface area contributed by atoms with Gasteiger partial charge in [-0.3, -0.25) is 0 Å². The molecule has 4 heteroatoms. The van der Waals surface area contributed by atoms with Gasteiger partial charge in [0.1, 0.15) is 0 Å². The van der Waals surface area contributed by atoms with Crippen molar-refractivity contribution in [2.24, 2.45) is 0 Å². The summed E-state index contributed by atoms with van der Waals surface area (Å²) >= 11 is 18.9.